The van der Waals surface area contributed by atoms with Crippen LogP contribution in [0.15, 0.2) is 72.1 Å². The third-order valence-electron chi connectivity index (χ3n) is 4.18. The van der Waals surface area contributed by atoms with Gasteiger partial charge in [-0.05, 0) is 41.6 Å². The fraction of sp³-hybridized carbons (Fsp3) is 0.190. The minimum Gasteiger partial charge on any atom is -0.340 e. The summed E-state index contributed by atoms with van der Waals surface area (Å²) < 4.78 is 14.5. The first-order valence-corrected chi connectivity index (χ1v) is 9.42. The highest BCUT2D eigenvalue weighted by atomic mass is 32.1. The van der Waals surface area contributed by atoms with Crippen LogP contribution in [0.5, 0.6) is 0 Å². The van der Waals surface area contributed by atoms with Crippen molar-refractivity contribution < 1.29 is 4.39 Å². The molecule has 134 valence electrons. The molecule has 0 fully saturated rings. The fourth-order valence-electron chi connectivity index (χ4n) is 2.64. The highest BCUT2D eigenvalue weighted by Gasteiger charge is 2.17. The molecule has 0 aliphatic carbocycles. The molecule has 1 heterocycles. The molecule has 1 aromatic heterocycles. The van der Waals surface area contributed by atoms with Crippen LogP contribution in [0.1, 0.15) is 29.1 Å². The summed E-state index contributed by atoms with van der Waals surface area (Å²) in [5, 5.41) is 16.3. The van der Waals surface area contributed by atoms with E-state index in [1.54, 1.807) is 0 Å². The number of halogens is 1. The average Bonchev–Trinajstić information content (AvgIpc) is 3.22. The third kappa shape index (κ3) is 4.77. The topological polar surface area (TPSA) is 47.9 Å². The van der Waals surface area contributed by atoms with Gasteiger partial charge >= 0.3 is 0 Å². The number of alkyl halides is 1. The van der Waals surface area contributed by atoms with E-state index in [0.29, 0.717) is 17.9 Å². The van der Waals surface area contributed by atoms with E-state index < -0.39 is 6.17 Å². The fourth-order valence-corrected chi connectivity index (χ4v) is 3.27. The van der Waals surface area contributed by atoms with Crippen molar-refractivity contribution in [2.45, 2.75) is 25.7 Å². The maximum Gasteiger partial charge on any atom is 0.140 e. The molecule has 5 heteroatoms. The quantitative estimate of drug-likeness (QED) is 0.388. The maximum atomic E-state index is 14.5. The van der Waals surface area contributed by atoms with Crippen LogP contribution in [-0.4, -0.2) is 11.9 Å². The van der Waals surface area contributed by atoms with Gasteiger partial charge in [0.2, 0.25) is 0 Å². The number of amidine groups is 1. The standard InChI is InChI=1S/C21H22FN3S/c1-15(20(22)17-6-3-2-4-7-17)24-14-16-9-11-18(12-10-16)25-21(23)19-8-5-13-26-19/h2-13,15,20,24H,14H2,1H3,(H2,23,25)/t15-,20+/m0/s1. The van der Waals surface area contributed by atoms with Crippen molar-refractivity contribution in [1.29, 1.82) is 5.41 Å². The average molecular weight is 367 g/mol. The van der Waals surface area contributed by atoms with Gasteiger partial charge < -0.3 is 10.6 Å². The van der Waals surface area contributed by atoms with E-state index in [2.05, 4.69) is 10.6 Å². The van der Waals surface area contributed by atoms with Crippen molar-refractivity contribution in [3.8, 4) is 0 Å². The van der Waals surface area contributed by atoms with E-state index in [1.165, 1.54) is 11.3 Å². The summed E-state index contributed by atoms with van der Waals surface area (Å²) in [6, 6.07) is 20.6. The Morgan fingerprint density at radius 2 is 1.77 bits per heavy atom. The summed E-state index contributed by atoms with van der Waals surface area (Å²) in [4.78, 5) is 0.902. The van der Waals surface area contributed by atoms with Crippen LogP contribution in [0, 0.1) is 5.41 Å². The second-order valence-electron chi connectivity index (χ2n) is 6.16. The monoisotopic (exact) mass is 367 g/mol. The van der Waals surface area contributed by atoms with Crippen molar-refractivity contribution >= 4 is 22.9 Å². The predicted molar refractivity (Wildman–Crippen MR) is 108 cm³/mol. The SMILES string of the molecule is C[C@H](NCc1ccc(NC(=N)c2cccs2)cc1)[C@@H](F)c1ccccc1. The van der Waals surface area contributed by atoms with Gasteiger partial charge in [0.15, 0.2) is 0 Å². The van der Waals surface area contributed by atoms with Crippen LogP contribution < -0.4 is 10.6 Å². The molecule has 0 aliphatic heterocycles. The van der Waals surface area contributed by atoms with Gasteiger partial charge in [-0.15, -0.1) is 11.3 Å². The van der Waals surface area contributed by atoms with E-state index in [4.69, 9.17) is 5.41 Å². The summed E-state index contributed by atoms with van der Waals surface area (Å²) in [7, 11) is 0. The first-order chi connectivity index (χ1) is 12.6. The van der Waals surface area contributed by atoms with E-state index in [1.807, 2.05) is 79.0 Å². The molecule has 0 saturated carbocycles. The number of anilines is 1. The summed E-state index contributed by atoms with van der Waals surface area (Å²) >= 11 is 1.53. The van der Waals surface area contributed by atoms with Gasteiger partial charge in [0.1, 0.15) is 12.0 Å². The van der Waals surface area contributed by atoms with Gasteiger partial charge in [-0.25, -0.2) is 4.39 Å². The molecule has 0 unspecified atom stereocenters. The molecular weight excluding hydrogens is 345 g/mol. The van der Waals surface area contributed by atoms with E-state index in [9.17, 15) is 4.39 Å². The molecule has 0 aliphatic rings. The lowest BCUT2D eigenvalue weighted by Gasteiger charge is -2.19. The van der Waals surface area contributed by atoms with Crippen LogP contribution in [0.25, 0.3) is 0 Å². The minimum atomic E-state index is -1.04. The largest absolute Gasteiger partial charge is 0.340 e. The number of thiophene rings is 1. The Kier molecular flexibility index (Phi) is 6.15. The van der Waals surface area contributed by atoms with E-state index in [0.717, 1.165) is 16.1 Å². The van der Waals surface area contributed by atoms with Crippen molar-refractivity contribution in [3.63, 3.8) is 0 Å². The molecule has 0 spiro atoms. The van der Waals surface area contributed by atoms with Gasteiger partial charge in [-0.1, -0.05) is 48.5 Å². The molecule has 26 heavy (non-hydrogen) atoms. The molecule has 0 bridgehead atoms. The van der Waals surface area contributed by atoms with Crippen LogP contribution in [0.3, 0.4) is 0 Å². The number of benzene rings is 2. The highest BCUT2D eigenvalue weighted by Crippen LogP contribution is 2.21. The lowest BCUT2D eigenvalue weighted by molar-refractivity contribution is 0.264. The number of hydrogen-bond acceptors (Lipinski definition) is 3. The zero-order valence-corrected chi connectivity index (χ0v) is 15.4. The third-order valence-corrected chi connectivity index (χ3v) is 5.06. The highest BCUT2D eigenvalue weighted by molar-refractivity contribution is 7.12. The smallest absolute Gasteiger partial charge is 0.140 e. The van der Waals surface area contributed by atoms with E-state index >= 15 is 0 Å². The van der Waals surface area contributed by atoms with Gasteiger partial charge in [-0.3, -0.25) is 5.41 Å². The Balaban J connectivity index is 1.52. The lowest BCUT2D eigenvalue weighted by atomic mass is 10.0. The van der Waals surface area contributed by atoms with Crippen LogP contribution in [-0.2, 0) is 6.54 Å². The molecule has 3 N–H and O–H groups in total. The van der Waals surface area contributed by atoms with Gasteiger partial charge in [0.25, 0.3) is 0 Å². The minimum absolute atomic E-state index is 0.276. The summed E-state index contributed by atoms with van der Waals surface area (Å²) in [5.74, 6) is 0.391. The summed E-state index contributed by atoms with van der Waals surface area (Å²) in [6.45, 7) is 2.45. The summed E-state index contributed by atoms with van der Waals surface area (Å²) in [5.41, 5.74) is 2.64. The first-order valence-electron chi connectivity index (χ1n) is 8.54. The van der Waals surface area contributed by atoms with Crippen molar-refractivity contribution in [1.82, 2.24) is 5.32 Å². The van der Waals surface area contributed by atoms with Gasteiger partial charge in [-0.2, -0.15) is 0 Å². The van der Waals surface area contributed by atoms with Crippen molar-refractivity contribution in [2.24, 2.45) is 0 Å². The predicted octanol–water partition coefficient (Wildman–Crippen LogP) is 5.37. The zero-order chi connectivity index (χ0) is 18.4. The number of hydrogen-bond donors (Lipinski definition) is 3. The molecule has 0 saturated heterocycles. The first kappa shape index (κ1) is 18.3. The van der Waals surface area contributed by atoms with E-state index in [-0.39, 0.29) is 6.04 Å². The second kappa shape index (κ2) is 8.74. The van der Waals surface area contributed by atoms with Gasteiger partial charge in [0.05, 0.1) is 4.88 Å². The summed E-state index contributed by atoms with van der Waals surface area (Å²) in [6.07, 6.45) is -1.04. The Morgan fingerprint density at radius 1 is 1.04 bits per heavy atom. The van der Waals surface area contributed by atoms with Crippen LogP contribution >= 0.6 is 11.3 Å². The van der Waals surface area contributed by atoms with Crippen molar-refractivity contribution in [2.75, 3.05) is 5.32 Å². The number of rotatable bonds is 7. The molecule has 3 aromatic rings. The molecule has 3 rings (SSSR count). The lowest BCUT2D eigenvalue weighted by Crippen LogP contribution is -2.29. The molecule has 2 aromatic carbocycles. The molecule has 3 nitrogen and oxygen atoms in total. The molecule has 2 atom stereocenters. The zero-order valence-electron chi connectivity index (χ0n) is 14.6. The normalized spacial score (nSPS) is 13.2. The van der Waals surface area contributed by atoms with Crippen LogP contribution in [0.2, 0.25) is 0 Å². The Morgan fingerprint density at radius 3 is 2.42 bits per heavy atom. The number of nitrogens with one attached hydrogen (secondary N) is 3. The maximum absolute atomic E-state index is 14.5. The second-order valence-corrected chi connectivity index (χ2v) is 7.10. The van der Waals surface area contributed by atoms with Crippen molar-refractivity contribution in [3.05, 3.63) is 88.1 Å². The molecular formula is C21H22FN3S. The Labute approximate surface area is 157 Å². The molecule has 0 radical (unpaired) electrons. The Hall–Kier alpha value is -2.50. The molecule has 0 amide bonds. The Bertz CT molecular complexity index is 816. The van der Waals surface area contributed by atoms with Gasteiger partial charge in [0, 0.05) is 18.3 Å². The van der Waals surface area contributed by atoms with Crippen LogP contribution in [0.4, 0.5) is 10.1 Å².